The Labute approximate surface area is 210 Å². The highest BCUT2D eigenvalue weighted by Gasteiger charge is 2.32. The number of aromatic nitrogens is 1. The molecule has 2 aliphatic rings. The Kier molecular flexibility index (Phi) is 5.82. The quantitative estimate of drug-likeness (QED) is 0.477. The topological polar surface area (TPSA) is 65.8 Å². The van der Waals surface area contributed by atoms with Crippen molar-refractivity contribution >= 4 is 16.8 Å². The minimum absolute atomic E-state index is 0.0900. The van der Waals surface area contributed by atoms with Crippen molar-refractivity contribution in [3.8, 4) is 5.75 Å². The lowest BCUT2D eigenvalue weighted by atomic mass is 9.96. The zero-order chi connectivity index (χ0) is 24.6. The van der Waals surface area contributed by atoms with Gasteiger partial charge in [-0.25, -0.2) is 0 Å². The molecule has 0 bridgehead atoms. The highest BCUT2D eigenvalue weighted by Crippen LogP contribution is 2.33. The molecule has 182 valence electrons. The van der Waals surface area contributed by atoms with Crippen molar-refractivity contribution in [2.24, 2.45) is 0 Å². The summed E-state index contributed by atoms with van der Waals surface area (Å²) in [7, 11) is 0. The van der Waals surface area contributed by atoms with Crippen LogP contribution in [0.25, 0.3) is 10.9 Å². The zero-order valence-corrected chi connectivity index (χ0v) is 20.1. The molecule has 0 atom stereocenters. The van der Waals surface area contributed by atoms with Crippen LogP contribution < -0.4 is 5.56 Å². The molecule has 3 aromatic carbocycles. The van der Waals surface area contributed by atoms with Crippen LogP contribution in [-0.2, 0) is 13.0 Å². The lowest BCUT2D eigenvalue weighted by molar-refractivity contribution is 0.0592. The van der Waals surface area contributed by atoms with Gasteiger partial charge in [0.15, 0.2) is 0 Å². The summed E-state index contributed by atoms with van der Waals surface area (Å²) in [5, 5.41) is 11.7. The number of pyridine rings is 1. The fraction of sp³-hybridized carbons (Fsp3) is 0.267. The molecule has 1 saturated heterocycles. The first-order chi connectivity index (χ1) is 17.6. The van der Waals surface area contributed by atoms with Crippen molar-refractivity contribution in [1.29, 1.82) is 0 Å². The number of benzene rings is 3. The Morgan fingerprint density at radius 3 is 2.06 bits per heavy atom. The largest absolute Gasteiger partial charge is 0.506 e. The first kappa shape index (κ1) is 22.6. The molecule has 36 heavy (non-hydrogen) atoms. The highest BCUT2D eigenvalue weighted by atomic mass is 16.3. The Balaban J connectivity index is 1.29. The fourth-order valence-corrected chi connectivity index (χ4v) is 5.84. The summed E-state index contributed by atoms with van der Waals surface area (Å²) < 4.78 is 1.68. The zero-order valence-electron chi connectivity index (χ0n) is 20.1. The van der Waals surface area contributed by atoms with Gasteiger partial charge < -0.3 is 14.6 Å². The molecule has 0 saturated carbocycles. The van der Waals surface area contributed by atoms with E-state index in [0.717, 1.165) is 23.9 Å². The molecule has 6 nitrogen and oxygen atoms in total. The van der Waals surface area contributed by atoms with Crippen LogP contribution in [0.1, 0.15) is 39.5 Å². The van der Waals surface area contributed by atoms with E-state index in [-0.39, 0.29) is 28.8 Å². The summed E-state index contributed by atoms with van der Waals surface area (Å²) in [6.45, 7) is 2.90. The molecule has 1 fully saturated rings. The van der Waals surface area contributed by atoms with Gasteiger partial charge in [0.2, 0.25) is 0 Å². The summed E-state index contributed by atoms with van der Waals surface area (Å²) >= 11 is 0. The Morgan fingerprint density at radius 2 is 1.42 bits per heavy atom. The SMILES string of the molecule is O=C(c1c(O)c2cccc3c2n(c1=O)CCC3)N1CCN(C(c2ccccc2)c2ccccc2)CC1. The van der Waals surface area contributed by atoms with E-state index in [2.05, 4.69) is 53.4 Å². The molecule has 1 N–H and O–H groups in total. The molecule has 0 unspecified atom stereocenters. The van der Waals surface area contributed by atoms with E-state index in [1.807, 2.05) is 24.3 Å². The molecule has 3 heterocycles. The summed E-state index contributed by atoms with van der Waals surface area (Å²) in [6.07, 6.45) is 1.72. The van der Waals surface area contributed by atoms with Crippen LogP contribution >= 0.6 is 0 Å². The number of carbonyl (C=O) groups excluding carboxylic acids is 1. The predicted octanol–water partition coefficient (Wildman–Crippen LogP) is 4.20. The van der Waals surface area contributed by atoms with Crippen molar-refractivity contribution in [3.05, 3.63) is 111 Å². The van der Waals surface area contributed by atoms with Crippen molar-refractivity contribution < 1.29 is 9.90 Å². The smallest absolute Gasteiger partial charge is 0.267 e. The van der Waals surface area contributed by atoms with E-state index in [1.165, 1.54) is 11.1 Å². The molecule has 6 rings (SSSR count). The monoisotopic (exact) mass is 479 g/mol. The molecule has 0 spiro atoms. The van der Waals surface area contributed by atoms with Crippen molar-refractivity contribution in [2.75, 3.05) is 26.2 Å². The third kappa shape index (κ3) is 3.78. The van der Waals surface area contributed by atoms with Gasteiger partial charge in [-0.3, -0.25) is 14.5 Å². The van der Waals surface area contributed by atoms with Gasteiger partial charge in [0, 0.05) is 38.1 Å². The van der Waals surface area contributed by atoms with Crippen LogP contribution in [0.2, 0.25) is 0 Å². The normalized spacial score (nSPS) is 16.0. The number of rotatable bonds is 4. The second-order valence-electron chi connectivity index (χ2n) is 9.65. The minimum Gasteiger partial charge on any atom is -0.506 e. The molecule has 6 heteroatoms. The standard InChI is InChI=1S/C30H29N3O3/c34-28-24-15-7-13-23-14-8-16-33(27(23)24)30(36)25(28)29(35)32-19-17-31(18-20-32)26(21-9-3-1-4-10-21)22-11-5-2-6-12-22/h1-7,9-13,15,26,34H,8,14,16-20H2. The van der Waals surface area contributed by atoms with E-state index < -0.39 is 0 Å². The Morgan fingerprint density at radius 1 is 0.778 bits per heavy atom. The van der Waals surface area contributed by atoms with Gasteiger partial charge >= 0.3 is 0 Å². The maximum Gasteiger partial charge on any atom is 0.267 e. The molecular formula is C30H29N3O3. The van der Waals surface area contributed by atoms with E-state index >= 15 is 0 Å². The number of amides is 1. The second-order valence-corrected chi connectivity index (χ2v) is 9.65. The average molecular weight is 480 g/mol. The average Bonchev–Trinajstić information content (AvgIpc) is 2.93. The number of piperazine rings is 1. The number of nitrogens with zero attached hydrogens (tertiary/aromatic N) is 3. The van der Waals surface area contributed by atoms with E-state index in [9.17, 15) is 14.7 Å². The number of aryl methyl sites for hydroxylation is 2. The van der Waals surface area contributed by atoms with Crippen molar-refractivity contribution in [1.82, 2.24) is 14.4 Å². The maximum absolute atomic E-state index is 13.6. The van der Waals surface area contributed by atoms with Crippen molar-refractivity contribution in [3.63, 3.8) is 0 Å². The number of aromatic hydroxyl groups is 1. The van der Waals surface area contributed by atoms with E-state index in [0.29, 0.717) is 38.1 Å². The van der Waals surface area contributed by atoms with Crippen LogP contribution in [-0.4, -0.2) is 51.6 Å². The molecule has 1 aromatic heterocycles. The van der Waals surface area contributed by atoms with Gasteiger partial charge in [-0.1, -0.05) is 72.8 Å². The third-order valence-corrected chi connectivity index (χ3v) is 7.58. The summed E-state index contributed by atoms with van der Waals surface area (Å²) in [4.78, 5) is 31.1. The minimum atomic E-state index is -0.383. The summed E-state index contributed by atoms with van der Waals surface area (Å²) in [6, 6.07) is 26.6. The fourth-order valence-electron chi connectivity index (χ4n) is 5.84. The van der Waals surface area contributed by atoms with E-state index in [1.54, 1.807) is 15.5 Å². The van der Waals surface area contributed by atoms with Gasteiger partial charge in [0.25, 0.3) is 11.5 Å². The number of para-hydroxylation sites is 1. The van der Waals surface area contributed by atoms with Gasteiger partial charge in [0.1, 0.15) is 11.3 Å². The van der Waals surface area contributed by atoms with Crippen LogP contribution in [0.4, 0.5) is 0 Å². The maximum atomic E-state index is 13.6. The second kappa shape index (κ2) is 9.28. The van der Waals surface area contributed by atoms with Gasteiger partial charge in [-0.15, -0.1) is 0 Å². The molecule has 2 aliphatic heterocycles. The third-order valence-electron chi connectivity index (χ3n) is 7.58. The van der Waals surface area contributed by atoms with Gasteiger partial charge in [0.05, 0.1) is 11.6 Å². The van der Waals surface area contributed by atoms with Gasteiger partial charge in [-0.05, 0) is 35.6 Å². The molecule has 1 amide bonds. The molecule has 0 aliphatic carbocycles. The Hall–Kier alpha value is -3.90. The van der Waals surface area contributed by atoms with Crippen LogP contribution in [0.5, 0.6) is 5.75 Å². The molecule has 4 aromatic rings. The van der Waals surface area contributed by atoms with Crippen LogP contribution in [0.3, 0.4) is 0 Å². The van der Waals surface area contributed by atoms with Crippen molar-refractivity contribution in [2.45, 2.75) is 25.4 Å². The predicted molar refractivity (Wildman–Crippen MR) is 140 cm³/mol. The van der Waals surface area contributed by atoms with Crippen LogP contribution in [0.15, 0.2) is 83.7 Å². The molecule has 0 radical (unpaired) electrons. The first-order valence-electron chi connectivity index (χ1n) is 12.6. The van der Waals surface area contributed by atoms with Gasteiger partial charge in [-0.2, -0.15) is 0 Å². The van der Waals surface area contributed by atoms with E-state index in [4.69, 9.17) is 0 Å². The van der Waals surface area contributed by atoms with Crippen LogP contribution in [0, 0.1) is 0 Å². The first-order valence-corrected chi connectivity index (χ1v) is 12.6. The Bertz CT molecular complexity index is 1430. The number of carbonyl (C=O) groups is 1. The lowest BCUT2D eigenvalue weighted by Crippen LogP contribution is -2.51. The molecular weight excluding hydrogens is 450 g/mol. The summed E-state index contributed by atoms with van der Waals surface area (Å²) in [5.74, 6) is -0.566. The summed E-state index contributed by atoms with van der Waals surface area (Å²) in [5.41, 5.74) is 3.75. The number of hydrogen-bond donors (Lipinski definition) is 1. The lowest BCUT2D eigenvalue weighted by Gasteiger charge is -2.39. The number of hydrogen-bond acceptors (Lipinski definition) is 4. The highest BCUT2D eigenvalue weighted by molar-refractivity contribution is 6.03.